The van der Waals surface area contributed by atoms with Gasteiger partial charge in [0, 0.05) is 25.0 Å². The summed E-state index contributed by atoms with van der Waals surface area (Å²) in [4.78, 5) is 13.2. The molecule has 1 N–H and O–H groups in total. The van der Waals surface area contributed by atoms with E-state index in [-0.39, 0.29) is 30.3 Å². The van der Waals surface area contributed by atoms with E-state index in [4.69, 9.17) is 0 Å². The van der Waals surface area contributed by atoms with Crippen molar-refractivity contribution in [3.63, 3.8) is 0 Å². The van der Waals surface area contributed by atoms with Crippen LogP contribution in [0.2, 0.25) is 0 Å². The van der Waals surface area contributed by atoms with Gasteiger partial charge in [0.2, 0.25) is 5.91 Å². The summed E-state index contributed by atoms with van der Waals surface area (Å²) in [5.41, 5.74) is 2.27. The fraction of sp³-hybridized carbons (Fsp3) is 0.320. The molecule has 1 aromatic heterocycles. The second-order valence-electron chi connectivity index (χ2n) is 8.23. The predicted octanol–water partition coefficient (Wildman–Crippen LogP) is 4.49. The standard InChI is InChI=1S/C25H28N2O3S2/c1-19(24(20-10-4-2-5-11-20)21-12-6-3-7-13-21)26-25(28)22-14-8-16-27(18-22)32(29,30)23-15-9-17-31-23/h2-7,9-13,15,17,19,22,24H,8,14,16,18H2,1H3,(H,26,28). The van der Waals surface area contributed by atoms with E-state index in [1.165, 1.54) is 15.6 Å². The number of piperidine rings is 1. The van der Waals surface area contributed by atoms with Crippen LogP contribution in [0, 0.1) is 5.92 Å². The minimum absolute atomic E-state index is 0.0101. The highest BCUT2D eigenvalue weighted by atomic mass is 32.2. The van der Waals surface area contributed by atoms with Gasteiger partial charge in [0.05, 0.1) is 5.92 Å². The number of carbonyl (C=O) groups excluding carboxylic acids is 1. The van der Waals surface area contributed by atoms with Crippen LogP contribution in [0.1, 0.15) is 36.8 Å². The van der Waals surface area contributed by atoms with Crippen LogP contribution in [0.25, 0.3) is 0 Å². The molecule has 2 unspecified atom stereocenters. The van der Waals surface area contributed by atoms with Gasteiger partial charge in [-0.25, -0.2) is 8.42 Å². The quantitative estimate of drug-likeness (QED) is 0.556. The Hall–Kier alpha value is -2.48. The van der Waals surface area contributed by atoms with Crippen LogP contribution in [0.5, 0.6) is 0 Å². The molecule has 2 aromatic carbocycles. The highest BCUT2D eigenvalue weighted by Gasteiger charge is 2.35. The molecular weight excluding hydrogens is 440 g/mol. The minimum atomic E-state index is -3.54. The second-order valence-corrected chi connectivity index (χ2v) is 11.3. The van der Waals surface area contributed by atoms with Crippen molar-refractivity contribution < 1.29 is 13.2 Å². The summed E-state index contributed by atoms with van der Waals surface area (Å²) in [6.07, 6.45) is 1.37. The molecule has 1 aliphatic heterocycles. The summed E-state index contributed by atoms with van der Waals surface area (Å²) >= 11 is 1.21. The van der Waals surface area contributed by atoms with E-state index < -0.39 is 10.0 Å². The summed E-state index contributed by atoms with van der Waals surface area (Å²) in [5, 5.41) is 4.96. The van der Waals surface area contributed by atoms with Crippen molar-refractivity contribution in [3.8, 4) is 0 Å². The Balaban J connectivity index is 1.49. The van der Waals surface area contributed by atoms with Gasteiger partial charge in [0.25, 0.3) is 10.0 Å². The molecular formula is C25H28N2O3S2. The molecule has 1 amide bonds. The molecule has 1 fully saturated rings. The number of nitrogens with one attached hydrogen (secondary N) is 1. The second kappa shape index (κ2) is 9.98. The fourth-order valence-corrected chi connectivity index (χ4v) is 7.10. The molecule has 0 radical (unpaired) electrons. The van der Waals surface area contributed by atoms with Crippen molar-refractivity contribution in [2.45, 2.75) is 35.9 Å². The summed E-state index contributed by atoms with van der Waals surface area (Å²) in [7, 11) is -3.54. The van der Waals surface area contributed by atoms with Crippen LogP contribution in [-0.4, -0.2) is 37.8 Å². The lowest BCUT2D eigenvalue weighted by Gasteiger charge is -2.33. The highest BCUT2D eigenvalue weighted by Crippen LogP contribution is 2.30. The van der Waals surface area contributed by atoms with Gasteiger partial charge in [0.15, 0.2) is 0 Å². The Labute approximate surface area is 194 Å². The Bertz CT molecular complexity index is 1080. The van der Waals surface area contributed by atoms with Crippen molar-refractivity contribution in [2.75, 3.05) is 13.1 Å². The Morgan fingerprint density at radius 3 is 2.19 bits per heavy atom. The van der Waals surface area contributed by atoms with E-state index in [1.54, 1.807) is 17.5 Å². The van der Waals surface area contributed by atoms with Crippen LogP contribution < -0.4 is 5.32 Å². The lowest BCUT2D eigenvalue weighted by molar-refractivity contribution is -0.126. The molecule has 7 heteroatoms. The summed E-state index contributed by atoms with van der Waals surface area (Å²) in [5.74, 6) is -0.426. The van der Waals surface area contributed by atoms with E-state index in [0.717, 1.165) is 11.1 Å². The highest BCUT2D eigenvalue weighted by molar-refractivity contribution is 7.91. The summed E-state index contributed by atoms with van der Waals surface area (Å²) in [6.45, 7) is 2.70. The fourth-order valence-electron chi connectivity index (χ4n) is 4.43. The maximum Gasteiger partial charge on any atom is 0.252 e. The molecule has 168 valence electrons. The first kappa shape index (κ1) is 22.7. The number of hydrogen-bond donors (Lipinski definition) is 1. The van der Waals surface area contributed by atoms with Crippen molar-refractivity contribution >= 4 is 27.3 Å². The van der Waals surface area contributed by atoms with E-state index in [9.17, 15) is 13.2 Å². The van der Waals surface area contributed by atoms with Gasteiger partial charge >= 0.3 is 0 Å². The van der Waals surface area contributed by atoms with E-state index in [1.807, 2.05) is 43.3 Å². The van der Waals surface area contributed by atoms with E-state index in [0.29, 0.717) is 23.6 Å². The lowest BCUT2D eigenvalue weighted by atomic mass is 9.85. The normalized spacial score (nSPS) is 18.4. The lowest BCUT2D eigenvalue weighted by Crippen LogP contribution is -2.48. The number of sulfonamides is 1. The Morgan fingerprint density at radius 1 is 1.00 bits per heavy atom. The Morgan fingerprint density at radius 2 is 1.62 bits per heavy atom. The van der Waals surface area contributed by atoms with E-state index >= 15 is 0 Å². The molecule has 0 saturated carbocycles. The third-order valence-corrected chi connectivity index (χ3v) is 9.27. The summed E-state index contributed by atoms with van der Waals surface area (Å²) in [6, 6.07) is 23.5. The van der Waals surface area contributed by atoms with Crippen molar-refractivity contribution in [2.24, 2.45) is 5.92 Å². The average molecular weight is 469 g/mol. The first-order valence-corrected chi connectivity index (χ1v) is 13.2. The van der Waals surface area contributed by atoms with Gasteiger partial charge in [-0.3, -0.25) is 4.79 Å². The van der Waals surface area contributed by atoms with Crippen LogP contribution >= 0.6 is 11.3 Å². The number of benzene rings is 2. The zero-order valence-electron chi connectivity index (χ0n) is 18.1. The topological polar surface area (TPSA) is 66.5 Å². The number of amides is 1. The first-order chi connectivity index (χ1) is 15.5. The largest absolute Gasteiger partial charge is 0.352 e. The SMILES string of the molecule is CC(NC(=O)C1CCCN(S(=O)(=O)c2cccs2)C1)C(c1ccccc1)c1ccccc1. The molecule has 0 spiro atoms. The van der Waals surface area contributed by atoms with Crippen LogP contribution in [-0.2, 0) is 14.8 Å². The van der Waals surface area contributed by atoms with Crippen molar-refractivity contribution in [3.05, 3.63) is 89.3 Å². The maximum absolute atomic E-state index is 13.2. The molecule has 5 nitrogen and oxygen atoms in total. The van der Waals surface area contributed by atoms with Gasteiger partial charge < -0.3 is 5.32 Å². The van der Waals surface area contributed by atoms with Gasteiger partial charge in [-0.15, -0.1) is 11.3 Å². The molecule has 2 heterocycles. The zero-order valence-corrected chi connectivity index (χ0v) is 19.7. The van der Waals surface area contributed by atoms with Gasteiger partial charge in [-0.2, -0.15) is 4.31 Å². The first-order valence-electron chi connectivity index (χ1n) is 10.9. The molecule has 1 saturated heterocycles. The van der Waals surface area contributed by atoms with Crippen molar-refractivity contribution in [1.29, 1.82) is 0 Å². The number of nitrogens with zero attached hydrogens (tertiary/aromatic N) is 1. The Kier molecular flexibility index (Phi) is 7.08. The van der Waals surface area contributed by atoms with Gasteiger partial charge in [-0.1, -0.05) is 66.7 Å². The van der Waals surface area contributed by atoms with Crippen LogP contribution in [0.4, 0.5) is 0 Å². The van der Waals surface area contributed by atoms with E-state index in [2.05, 4.69) is 29.6 Å². The zero-order chi connectivity index (χ0) is 22.6. The minimum Gasteiger partial charge on any atom is -0.352 e. The molecule has 4 rings (SSSR count). The maximum atomic E-state index is 13.2. The number of hydrogen-bond acceptors (Lipinski definition) is 4. The van der Waals surface area contributed by atoms with Crippen LogP contribution in [0.15, 0.2) is 82.4 Å². The van der Waals surface area contributed by atoms with Crippen LogP contribution in [0.3, 0.4) is 0 Å². The number of rotatable bonds is 7. The predicted molar refractivity (Wildman–Crippen MR) is 128 cm³/mol. The molecule has 0 bridgehead atoms. The van der Waals surface area contributed by atoms with Gasteiger partial charge in [-0.05, 0) is 42.3 Å². The molecule has 3 aromatic rings. The molecule has 0 aliphatic carbocycles. The smallest absolute Gasteiger partial charge is 0.252 e. The molecule has 1 aliphatic rings. The van der Waals surface area contributed by atoms with Gasteiger partial charge in [0.1, 0.15) is 4.21 Å². The average Bonchev–Trinajstić information content (AvgIpc) is 3.37. The number of thiophene rings is 1. The summed E-state index contributed by atoms with van der Waals surface area (Å²) < 4.78 is 27.6. The molecule has 2 atom stereocenters. The third-order valence-electron chi connectivity index (χ3n) is 6.03. The number of carbonyl (C=O) groups is 1. The molecule has 32 heavy (non-hydrogen) atoms. The monoisotopic (exact) mass is 468 g/mol. The third kappa shape index (κ3) is 4.95. The van der Waals surface area contributed by atoms with Crippen molar-refractivity contribution in [1.82, 2.24) is 9.62 Å².